The number of nitrogens with one attached hydrogen (secondary N) is 1. The number of hydrogen-bond acceptors (Lipinski definition) is 3. The molecule has 0 aromatic heterocycles. The Labute approximate surface area is 33.1 Å². The van der Waals surface area contributed by atoms with Crippen LogP contribution in [0.15, 0.2) is 0 Å². The summed E-state index contributed by atoms with van der Waals surface area (Å²) in [6.07, 6.45) is 0. The average molecular weight is 90.0 g/mol. The van der Waals surface area contributed by atoms with E-state index in [4.69, 9.17) is 14.9 Å². The molecule has 0 unspecified atom stereocenters. The Bertz CT molecular complexity index is 69.2. The lowest BCUT2D eigenvalue weighted by Gasteiger charge is -1.75. The summed E-state index contributed by atoms with van der Waals surface area (Å²) >= 11 is 0. The molecule has 0 fully saturated rings. The van der Waals surface area contributed by atoms with Gasteiger partial charge in [0.25, 0.3) is 6.41 Å². The highest BCUT2D eigenvalue weighted by molar-refractivity contribution is 5.43. The molecule has 0 bridgehead atoms. The normalized spacial score (nSPS) is 6.67. The molecule has 0 aromatic rings. The van der Waals surface area contributed by atoms with E-state index in [9.17, 15) is 0 Å². The molecule has 0 rings (SSSR count). The fraction of sp³-hybridized carbons (Fsp3) is 0. The van der Waals surface area contributed by atoms with Crippen molar-refractivity contribution in [1.82, 2.24) is 5.43 Å². The highest BCUT2D eigenvalue weighted by Crippen LogP contribution is 1.44. The van der Waals surface area contributed by atoms with Gasteiger partial charge in [-0.25, -0.2) is 10.1 Å². The molecular weight excluding hydrogens is 88.0 g/mol. The van der Waals surface area contributed by atoms with E-state index in [1.54, 1.807) is 0 Å². The Balaban J connectivity index is 3.05. The first-order valence-corrected chi connectivity index (χ1v) is 1.11. The van der Waals surface area contributed by atoms with Crippen molar-refractivity contribution in [2.24, 2.45) is 0 Å². The van der Waals surface area contributed by atoms with Crippen molar-refractivity contribution in [3.05, 3.63) is 10.1 Å². The van der Waals surface area contributed by atoms with E-state index in [0.29, 0.717) is 0 Å². The number of hydrazine groups is 1. The van der Waals surface area contributed by atoms with Gasteiger partial charge in [-0.15, -0.1) is 0 Å². The third-order valence-electron chi connectivity index (χ3n) is 0.158. The predicted molar refractivity (Wildman–Crippen MR) is 16.2 cm³/mol. The second-order valence-electron chi connectivity index (χ2n) is 0.504. The zero-order valence-electron chi connectivity index (χ0n) is 2.75. The average Bonchev–Trinajstić information content (AvgIpc) is 1.35. The van der Waals surface area contributed by atoms with Gasteiger partial charge in [0.1, 0.15) is 0 Å². The zero-order chi connectivity index (χ0) is 4.99. The molecule has 6 heavy (non-hydrogen) atoms. The maximum absolute atomic E-state index is 9.06. The molecule has 0 atom stereocenters. The van der Waals surface area contributed by atoms with E-state index in [2.05, 4.69) is 0 Å². The van der Waals surface area contributed by atoms with E-state index in [0.717, 1.165) is 0 Å². The second-order valence-corrected chi connectivity index (χ2v) is 0.504. The summed E-state index contributed by atoms with van der Waals surface area (Å²) in [4.78, 5) is 18.1. The van der Waals surface area contributed by atoms with Crippen LogP contribution >= 0.6 is 0 Å². The molecule has 0 radical (unpaired) electrons. The lowest BCUT2D eigenvalue weighted by Crippen LogP contribution is -2.18. The first-order valence-electron chi connectivity index (χ1n) is 1.11. The Kier molecular flexibility index (Phi) is 1.73. The van der Waals surface area contributed by atoms with Gasteiger partial charge in [-0.2, -0.15) is 0 Å². The number of amides is 1. The number of rotatable bonds is 2. The van der Waals surface area contributed by atoms with Gasteiger partial charge in [-0.05, 0) is 0 Å². The van der Waals surface area contributed by atoms with E-state index in [1.165, 1.54) is 5.43 Å². The van der Waals surface area contributed by atoms with Crippen LogP contribution in [0.1, 0.15) is 0 Å². The summed E-state index contributed by atoms with van der Waals surface area (Å²) in [5, 5.41) is 8.12. The van der Waals surface area contributed by atoms with Crippen LogP contribution < -0.4 is 5.43 Å². The number of nitro groups is 1. The van der Waals surface area contributed by atoms with Crippen LogP contribution in [0.5, 0.6) is 0 Å². The van der Waals surface area contributed by atoms with E-state index < -0.39 is 5.03 Å². The first kappa shape index (κ1) is 4.87. The molecule has 0 saturated heterocycles. The molecule has 0 aliphatic heterocycles. The zero-order valence-corrected chi connectivity index (χ0v) is 2.75. The van der Waals surface area contributed by atoms with Gasteiger partial charge in [0.2, 0.25) is 0 Å². The minimum atomic E-state index is -0.938. The maximum atomic E-state index is 9.06. The minimum Gasteiger partial charge on any atom is -0.273 e. The van der Waals surface area contributed by atoms with Crippen molar-refractivity contribution >= 4 is 6.41 Å². The highest BCUT2D eigenvalue weighted by Gasteiger charge is 1.81. The monoisotopic (exact) mass is 90.0 g/mol. The van der Waals surface area contributed by atoms with Gasteiger partial charge in [0.15, 0.2) is 5.03 Å². The Hall–Kier alpha value is -1.13. The molecule has 0 aromatic carbocycles. The van der Waals surface area contributed by atoms with Crippen molar-refractivity contribution in [2.75, 3.05) is 0 Å². The van der Waals surface area contributed by atoms with Crippen molar-refractivity contribution < 1.29 is 9.83 Å². The quantitative estimate of drug-likeness (QED) is 0.266. The molecule has 0 aliphatic carbocycles. The van der Waals surface area contributed by atoms with Crippen molar-refractivity contribution in [2.45, 2.75) is 0 Å². The lowest BCUT2D eigenvalue weighted by atomic mass is 11.4. The summed E-state index contributed by atoms with van der Waals surface area (Å²) in [7, 11) is 0. The van der Waals surface area contributed by atoms with Gasteiger partial charge in [-0.3, -0.25) is 4.79 Å². The third-order valence-corrected chi connectivity index (χ3v) is 0.158. The summed E-state index contributed by atoms with van der Waals surface area (Å²) in [6, 6.07) is 0. The van der Waals surface area contributed by atoms with Crippen LogP contribution in [-0.2, 0) is 4.79 Å². The molecule has 0 saturated carbocycles. The molecule has 0 spiro atoms. The largest absolute Gasteiger partial charge is 0.273 e. The fourth-order valence-electron chi connectivity index (χ4n) is 0.0430. The number of nitrogens with zero attached hydrogens (tertiary/aromatic N) is 1. The van der Waals surface area contributed by atoms with E-state index in [-0.39, 0.29) is 6.41 Å². The number of carbonyl (C=O) groups is 1. The van der Waals surface area contributed by atoms with Gasteiger partial charge in [0, 0.05) is 0 Å². The van der Waals surface area contributed by atoms with Gasteiger partial charge >= 0.3 is 0 Å². The van der Waals surface area contributed by atoms with Crippen molar-refractivity contribution in [3.63, 3.8) is 0 Å². The highest BCUT2D eigenvalue weighted by atomic mass is 16.7. The summed E-state index contributed by atoms with van der Waals surface area (Å²) in [6.45, 7) is 0. The SMILES string of the molecule is O=CN[N+](=O)[O-]. The molecular formula is CH2N2O3. The molecule has 5 nitrogen and oxygen atoms in total. The molecule has 5 heteroatoms. The predicted octanol–water partition coefficient (Wildman–Crippen LogP) is -1.08. The van der Waals surface area contributed by atoms with Crippen molar-refractivity contribution in [3.8, 4) is 0 Å². The van der Waals surface area contributed by atoms with Crippen LogP contribution in [0.4, 0.5) is 0 Å². The third kappa shape index (κ3) is 2.87. The van der Waals surface area contributed by atoms with E-state index in [1.807, 2.05) is 0 Å². The first-order chi connectivity index (χ1) is 2.77. The van der Waals surface area contributed by atoms with E-state index >= 15 is 0 Å². The topological polar surface area (TPSA) is 72.2 Å². The van der Waals surface area contributed by atoms with Gasteiger partial charge in [-0.1, -0.05) is 5.43 Å². The molecule has 34 valence electrons. The van der Waals surface area contributed by atoms with Crippen LogP contribution in [0, 0.1) is 10.1 Å². The lowest BCUT2D eigenvalue weighted by molar-refractivity contribution is -0.527. The Morgan fingerprint density at radius 3 is 2.33 bits per heavy atom. The number of carbonyl (C=O) groups excluding carboxylic acids is 1. The summed E-state index contributed by atoms with van der Waals surface area (Å²) in [5.74, 6) is 0. The number of hydrogen-bond donors (Lipinski definition) is 1. The summed E-state index contributed by atoms with van der Waals surface area (Å²) in [5.41, 5.74) is 1.25. The Morgan fingerprint density at radius 2 is 2.33 bits per heavy atom. The second kappa shape index (κ2) is 2.13. The van der Waals surface area contributed by atoms with Crippen LogP contribution in [-0.4, -0.2) is 11.4 Å². The standard InChI is InChI=1S/CH2N2O3/c4-1-2-3(5)6/h1H,(H,2,4). The van der Waals surface area contributed by atoms with Gasteiger partial charge in [0.05, 0.1) is 0 Å². The molecule has 0 heterocycles. The van der Waals surface area contributed by atoms with Crippen LogP contribution in [0.3, 0.4) is 0 Å². The van der Waals surface area contributed by atoms with Crippen LogP contribution in [0.25, 0.3) is 0 Å². The summed E-state index contributed by atoms with van der Waals surface area (Å²) < 4.78 is 0. The molecule has 0 aliphatic rings. The molecule has 1 amide bonds. The fourth-order valence-corrected chi connectivity index (χ4v) is 0.0430. The smallest absolute Gasteiger partial charge is 0.268 e. The Morgan fingerprint density at radius 1 is 1.83 bits per heavy atom. The van der Waals surface area contributed by atoms with Crippen LogP contribution in [0.2, 0.25) is 0 Å². The van der Waals surface area contributed by atoms with Gasteiger partial charge < -0.3 is 0 Å². The van der Waals surface area contributed by atoms with Crippen molar-refractivity contribution in [1.29, 1.82) is 0 Å². The minimum absolute atomic E-state index is 0. The maximum Gasteiger partial charge on any atom is 0.268 e. The molecule has 1 N–H and O–H groups in total.